The first kappa shape index (κ1) is 7.03. The van der Waals surface area contributed by atoms with Gasteiger partial charge in [0.1, 0.15) is 12.2 Å². The molecule has 0 bridgehead atoms. The van der Waals surface area contributed by atoms with Crippen molar-refractivity contribution in [2.75, 3.05) is 0 Å². The van der Waals surface area contributed by atoms with Crippen LogP contribution in [0.3, 0.4) is 0 Å². The molecule has 0 unspecified atom stereocenters. The molecule has 0 aromatic rings. The van der Waals surface area contributed by atoms with E-state index in [1.165, 1.54) is 0 Å². The monoisotopic (exact) mass is 130 g/mol. The summed E-state index contributed by atoms with van der Waals surface area (Å²) in [6.07, 6.45) is 1.75. The van der Waals surface area contributed by atoms with Crippen LogP contribution in [-0.4, -0.2) is 12.2 Å². The summed E-state index contributed by atoms with van der Waals surface area (Å²) in [5.74, 6) is 0.587. The Morgan fingerprint density at radius 1 is 1.33 bits per heavy atom. The fourth-order valence-corrected chi connectivity index (χ4v) is 1.04. The molecular formula is C7H14O2. The molecule has 1 aliphatic heterocycles. The minimum Gasteiger partial charge on any atom is -0.230 e. The van der Waals surface area contributed by atoms with Crippen LogP contribution in [0.15, 0.2) is 0 Å². The van der Waals surface area contributed by atoms with Gasteiger partial charge in [-0.1, -0.05) is 20.8 Å². The van der Waals surface area contributed by atoms with Gasteiger partial charge >= 0.3 is 0 Å². The summed E-state index contributed by atoms with van der Waals surface area (Å²) in [6.45, 7) is 6.41. The van der Waals surface area contributed by atoms with Crippen LogP contribution in [-0.2, 0) is 9.78 Å². The molecule has 0 radical (unpaired) electrons. The first-order chi connectivity index (χ1) is 4.25. The Bertz CT molecular complexity index is 88.9. The Labute approximate surface area is 56.1 Å². The molecule has 1 saturated heterocycles. The Morgan fingerprint density at radius 3 is 2.11 bits per heavy atom. The molecule has 1 aliphatic rings. The Morgan fingerprint density at radius 2 is 2.00 bits per heavy atom. The summed E-state index contributed by atoms with van der Waals surface area (Å²) in [5, 5.41) is 0. The van der Waals surface area contributed by atoms with E-state index in [1.807, 2.05) is 0 Å². The highest BCUT2D eigenvalue weighted by molar-refractivity contribution is 4.75. The Balaban J connectivity index is 2.27. The molecule has 0 amide bonds. The lowest BCUT2D eigenvalue weighted by Crippen LogP contribution is -2.45. The molecule has 2 atom stereocenters. The molecule has 0 saturated carbocycles. The van der Waals surface area contributed by atoms with E-state index in [-0.39, 0.29) is 0 Å². The van der Waals surface area contributed by atoms with Crippen molar-refractivity contribution in [1.29, 1.82) is 0 Å². The van der Waals surface area contributed by atoms with Gasteiger partial charge in [-0.05, 0) is 12.3 Å². The van der Waals surface area contributed by atoms with Gasteiger partial charge in [-0.3, -0.25) is 0 Å². The normalized spacial score (nSPS) is 34.7. The van der Waals surface area contributed by atoms with Crippen LogP contribution in [0, 0.1) is 5.92 Å². The second kappa shape index (κ2) is 2.67. The zero-order valence-electron chi connectivity index (χ0n) is 6.26. The molecule has 9 heavy (non-hydrogen) atoms. The second-order valence-corrected chi connectivity index (χ2v) is 2.85. The predicted octanol–water partition coefficient (Wildman–Crippen LogP) is 1.75. The van der Waals surface area contributed by atoms with Crippen molar-refractivity contribution in [2.45, 2.75) is 39.4 Å². The van der Waals surface area contributed by atoms with E-state index >= 15 is 0 Å². The third kappa shape index (κ3) is 1.25. The molecule has 0 aliphatic carbocycles. The number of hydrogen-bond donors (Lipinski definition) is 0. The molecule has 1 rings (SSSR count). The van der Waals surface area contributed by atoms with E-state index in [4.69, 9.17) is 9.78 Å². The highest BCUT2D eigenvalue weighted by atomic mass is 17.2. The maximum atomic E-state index is 4.90. The largest absolute Gasteiger partial charge is 0.230 e. The molecule has 0 aromatic heterocycles. The van der Waals surface area contributed by atoms with Crippen molar-refractivity contribution >= 4 is 0 Å². The van der Waals surface area contributed by atoms with E-state index in [0.29, 0.717) is 18.1 Å². The van der Waals surface area contributed by atoms with Gasteiger partial charge in [0, 0.05) is 0 Å². The van der Waals surface area contributed by atoms with Gasteiger partial charge in [0.2, 0.25) is 0 Å². The summed E-state index contributed by atoms with van der Waals surface area (Å²) < 4.78 is 0. The summed E-state index contributed by atoms with van der Waals surface area (Å²) in [5.41, 5.74) is 0. The Kier molecular flexibility index (Phi) is 2.09. The molecule has 2 heteroatoms. The van der Waals surface area contributed by atoms with Crippen LogP contribution >= 0.6 is 0 Å². The van der Waals surface area contributed by atoms with Crippen LogP contribution in [0.25, 0.3) is 0 Å². The van der Waals surface area contributed by atoms with Gasteiger partial charge in [0.25, 0.3) is 0 Å². The first-order valence-corrected chi connectivity index (χ1v) is 3.57. The van der Waals surface area contributed by atoms with Crippen molar-refractivity contribution in [1.82, 2.24) is 0 Å². The Hall–Kier alpha value is -0.0800. The minimum absolute atomic E-state index is 0.343. The van der Waals surface area contributed by atoms with Crippen molar-refractivity contribution < 1.29 is 9.78 Å². The lowest BCUT2D eigenvalue weighted by atomic mass is 9.99. The van der Waals surface area contributed by atoms with E-state index in [0.717, 1.165) is 6.42 Å². The zero-order chi connectivity index (χ0) is 6.85. The number of rotatable bonds is 2. The van der Waals surface area contributed by atoms with Crippen LogP contribution in [0.1, 0.15) is 27.2 Å². The molecule has 2 nitrogen and oxygen atoms in total. The molecule has 0 N–H and O–H groups in total. The van der Waals surface area contributed by atoms with Gasteiger partial charge in [0.15, 0.2) is 0 Å². The number of hydrogen-bond acceptors (Lipinski definition) is 2. The van der Waals surface area contributed by atoms with Gasteiger partial charge in [-0.15, -0.1) is 0 Å². The van der Waals surface area contributed by atoms with E-state index in [2.05, 4.69) is 20.8 Å². The average Bonchev–Trinajstić information content (AvgIpc) is 1.61. The van der Waals surface area contributed by atoms with Gasteiger partial charge < -0.3 is 0 Å². The van der Waals surface area contributed by atoms with Gasteiger partial charge in [0.05, 0.1) is 0 Å². The van der Waals surface area contributed by atoms with E-state index in [9.17, 15) is 0 Å². The van der Waals surface area contributed by atoms with Gasteiger partial charge in [-0.2, -0.15) is 0 Å². The maximum Gasteiger partial charge on any atom is 0.124 e. The topological polar surface area (TPSA) is 18.5 Å². The third-order valence-corrected chi connectivity index (χ3v) is 1.72. The summed E-state index contributed by atoms with van der Waals surface area (Å²) in [7, 11) is 0. The highest BCUT2D eigenvalue weighted by Crippen LogP contribution is 2.25. The molecule has 54 valence electrons. The van der Waals surface area contributed by atoms with E-state index in [1.54, 1.807) is 0 Å². The molecule has 0 aromatic carbocycles. The van der Waals surface area contributed by atoms with Crippen LogP contribution in [0.5, 0.6) is 0 Å². The quantitative estimate of drug-likeness (QED) is 0.530. The zero-order valence-corrected chi connectivity index (χ0v) is 6.26. The fourth-order valence-electron chi connectivity index (χ4n) is 1.04. The van der Waals surface area contributed by atoms with E-state index < -0.39 is 0 Å². The smallest absolute Gasteiger partial charge is 0.124 e. The second-order valence-electron chi connectivity index (χ2n) is 2.85. The predicted molar refractivity (Wildman–Crippen MR) is 34.9 cm³/mol. The minimum atomic E-state index is 0.343. The van der Waals surface area contributed by atoms with Gasteiger partial charge in [-0.25, -0.2) is 9.78 Å². The molecule has 1 heterocycles. The van der Waals surface area contributed by atoms with Crippen LogP contribution < -0.4 is 0 Å². The lowest BCUT2D eigenvalue weighted by Gasteiger charge is -2.36. The van der Waals surface area contributed by atoms with Crippen molar-refractivity contribution in [3.8, 4) is 0 Å². The maximum absolute atomic E-state index is 4.90. The lowest BCUT2D eigenvalue weighted by molar-refractivity contribution is -0.472. The molecule has 0 spiro atoms. The fraction of sp³-hybridized carbons (Fsp3) is 1.00. The molecule has 1 fully saturated rings. The van der Waals surface area contributed by atoms with Crippen molar-refractivity contribution in [2.24, 2.45) is 5.92 Å². The third-order valence-electron chi connectivity index (χ3n) is 1.72. The SMILES string of the molecule is CC[C@H]1OO[C@H]1C(C)C. The average molecular weight is 130 g/mol. The van der Waals surface area contributed by atoms with Crippen molar-refractivity contribution in [3.63, 3.8) is 0 Å². The summed E-state index contributed by atoms with van der Waals surface area (Å²) >= 11 is 0. The summed E-state index contributed by atoms with van der Waals surface area (Å²) in [4.78, 5) is 9.75. The highest BCUT2D eigenvalue weighted by Gasteiger charge is 2.35. The van der Waals surface area contributed by atoms with Crippen molar-refractivity contribution in [3.05, 3.63) is 0 Å². The first-order valence-electron chi connectivity index (χ1n) is 3.57. The summed E-state index contributed by atoms with van der Waals surface area (Å²) in [6, 6.07) is 0. The van der Waals surface area contributed by atoms with Crippen LogP contribution in [0.2, 0.25) is 0 Å². The standard InChI is InChI=1S/C7H14O2/c1-4-6-7(5(2)3)9-8-6/h5-7H,4H2,1-3H3/t6-,7+/m1/s1. The van der Waals surface area contributed by atoms with Crippen LogP contribution in [0.4, 0.5) is 0 Å². The molecular weight excluding hydrogens is 116 g/mol.